The van der Waals surface area contributed by atoms with Crippen molar-refractivity contribution in [2.45, 2.75) is 62.8 Å². The Balaban J connectivity index is 1.47. The molecule has 5 aromatic rings. The van der Waals surface area contributed by atoms with E-state index in [1.807, 2.05) is 25.1 Å². The van der Waals surface area contributed by atoms with Gasteiger partial charge in [0, 0.05) is 38.8 Å². The summed E-state index contributed by atoms with van der Waals surface area (Å²) in [6.07, 6.45) is 13.4. The van der Waals surface area contributed by atoms with Crippen LogP contribution in [0.1, 0.15) is 52.7 Å². The quantitative estimate of drug-likeness (QED) is 0.168. The Morgan fingerprint density at radius 1 is 0.920 bits per heavy atom. The second kappa shape index (κ2) is 11.9. The van der Waals surface area contributed by atoms with Gasteiger partial charge in [-0.15, -0.1) is 0 Å². The number of hydrogen-bond donors (Lipinski definition) is 0. The van der Waals surface area contributed by atoms with E-state index in [0.717, 1.165) is 33.7 Å². The number of rotatable bonds is 6. The maximum absolute atomic E-state index is 13.6. The number of fused-ring (bicyclic) bond motifs is 7. The highest BCUT2D eigenvalue weighted by Gasteiger charge is 2.50. The second-order valence-corrected chi connectivity index (χ2v) is 16.5. The molecule has 2 heterocycles. The van der Waals surface area contributed by atoms with Crippen molar-refractivity contribution in [1.29, 1.82) is 5.26 Å². The fourth-order valence-electron chi connectivity index (χ4n) is 7.55. The molecule has 0 bridgehead atoms. The molecule has 6 heteroatoms. The number of hydrogen-bond acceptors (Lipinski definition) is 4. The average molecular weight is 676 g/mol. The molecule has 1 aliphatic carbocycles. The first-order valence-electron chi connectivity index (χ1n) is 16.9. The minimum Gasteiger partial charge on any atom is -0.333 e. The van der Waals surface area contributed by atoms with E-state index in [9.17, 15) is 13.7 Å². The molecular formula is C44H41N3O2S. The zero-order valence-electron chi connectivity index (χ0n) is 29.4. The van der Waals surface area contributed by atoms with Gasteiger partial charge in [0.25, 0.3) is 0 Å². The number of sulfone groups is 1. The summed E-state index contributed by atoms with van der Waals surface area (Å²) in [4.78, 5) is 2.73. The first-order chi connectivity index (χ1) is 23.8. The Morgan fingerprint density at radius 2 is 1.58 bits per heavy atom. The molecule has 0 saturated heterocycles. The summed E-state index contributed by atoms with van der Waals surface area (Å²) in [5, 5.41) is 11.6. The summed E-state index contributed by atoms with van der Waals surface area (Å²) < 4.78 is 29.6. The average Bonchev–Trinajstić information content (AvgIpc) is 3.57. The standard InChI is InChI=1S/C44H41N3O2S/c1-8-32(17-13-29(2)3)47-38-12-10-9-11-36(38)37-24-25-39-41(42(37)47)44(7)27-31(43(4,5)6)16-26-40(44)46(39)33-18-22-35(23-19-33)50(48,49)34-20-14-30(28-45)15-21-34/h8-27,40H,2H2,1,3-7H3/b17-13-,32-8+. The molecule has 2 aliphatic rings. The number of allylic oxidation sites excluding steroid dienone is 7. The zero-order valence-corrected chi connectivity index (χ0v) is 30.2. The van der Waals surface area contributed by atoms with Gasteiger partial charge in [0.1, 0.15) is 0 Å². The molecule has 0 fully saturated rings. The van der Waals surface area contributed by atoms with Crippen molar-refractivity contribution < 1.29 is 8.42 Å². The molecule has 0 spiro atoms. The van der Waals surface area contributed by atoms with Crippen LogP contribution in [0.4, 0.5) is 11.4 Å². The largest absolute Gasteiger partial charge is 0.333 e. The molecule has 0 amide bonds. The van der Waals surface area contributed by atoms with E-state index in [1.54, 1.807) is 12.1 Å². The van der Waals surface area contributed by atoms with Gasteiger partial charge in [-0.1, -0.05) is 87.6 Å². The Labute approximate surface area is 295 Å². The van der Waals surface area contributed by atoms with E-state index >= 15 is 0 Å². The first-order valence-corrected chi connectivity index (χ1v) is 18.4. The van der Waals surface area contributed by atoms with E-state index in [0.29, 0.717) is 5.56 Å². The van der Waals surface area contributed by atoms with Crippen molar-refractivity contribution >= 4 is 48.7 Å². The van der Waals surface area contributed by atoms with Crippen LogP contribution >= 0.6 is 0 Å². The van der Waals surface area contributed by atoms with Crippen LogP contribution in [0.5, 0.6) is 0 Å². The van der Waals surface area contributed by atoms with E-state index in [-0.39, 0.29) is 21.2 Å². The summed E-state index contributed by atoms with van der Waals surface area (Å²) >= 11 is 0. The van der Waals surface area contributed by atoms with E-state index < -0.39 is 15.3 Å². The Hall–Kier alpha value is -5.38. The van der Waals surface area contributed by atoms with Gasteiger partial charge in [-0.25, -0.2) is 8.42 Å². The van der Waals surface area contributed by atoms with Crippen molar-refractivity contribution in [3.63, 3.8) is 0 Å². The lowest BCUT2D eigenvalue weighted by Gasteiger charge is -2.38. The third kappa shape index (κ3) is 5.16. The fraction of sp³-hybridized carbons (Fsp3) is 0.205. The summed E-state index contributed by atoms with van der Waals surface area (Å²) in [6, 6.07) is 28.3. The number of anilines is 2. The fourth-order valence-corrected chi connectivity index (χ4v) is 8.81. The van der Waals surface area contributed by atoms with Crippen LogP contribution in [0.2, 0.25) is 0 Å². The lowest BCUT2D eigenvalue weighted by atomic mass is 9.70. The monoisotopic (exact) mass is 675 g/mol. The highest BCUT2D eigenvalue weighted by molar-refractivity contribution is 7.91. The van der Waals surface area contributed by atoms with Gasteiger partial charge < -0.3 is 9.47 Å². The van der Waals surface area contributed by atoms with Gasteiger partial charge >= 0.3 is 0 Å². The normalized spacial score (nSPS) is 19.1. The zero-order chi connectivity index (χ0) is 35.6. The summed E-state index contributed by atoms with van der Waals surface area (Å²) in [7, 11) is -3.77. The molecule has 4 aromatic carbocycles. The van der Waals surface area contributed by atoms with Crippen LogP contribution in [-0.2, 0) is 15.3 Å². The Kier molecular flexibility index (Phi) is 7.88. The second-order valence-electron chi connectivity index (χ2n) is 14.5. The summed E-state index contributed by atoms with van der Waals surface area (Å²) in [6.45, 7) is 17.3. The molecule has 7 rings (SSSR count). The first kappa shape index (κ1) is 33.1. The highest BCUT2D eigenvalue weighted by atomic mass is 32.2. The highest BCUT2D eigenvalue weighted by Crippen LogP contribution is 2.56. The van der Waals surface area contributed by atoms with Crippen LogP contribution < -0.4 is 4.90 Å². The molecule has 1 aliphatic heterocycles. The van der Waals surface area contributed by atoms with Gasteiger partial charge in [0.2, 0.25) is 9.84 Å². The predicted molar refractivity (Wildman–Crippen MR) is 206 cm³/mol. The summed E-state index contributed by atoms with van der Waals surface area (Å²) in [5.41, 5.74) is 8.81. The van der Waals surface area contributed by atoms with Gasteiger partial charge in [-0.05, 0) is 98.5 Å². The van der Waals surface area contributed by atoms with Crippen molar-refractivity contribution in [2.24, 2.45) is 5.41 Å². The number of nitrogens with zero attached hydrogens (tertiary/aromatic N) is 3. The van der Waals surface area contributed by atoms with Crippen molar-refractivity contribution in [2.75, 3.05) is 4.90 Å². The number of benzene rings is 4. The van der Waals surface area contributed by atoms with E-state index in [4.69, 9.17) is 0 Å². The van der Waals surface area contributed by atoms with Crippen LogP contribution in [0, 0.1) is 16.7 Å². The molecule has 50 heavy (non-hydrogen) atoms. The van der Waals surface area contributed by atoms with Gasteiger partial charge in [-0.3, -0.25) is 0 Å². The van der Waals surface area contributed by atoms with Crippen molar-refractivity contribution in [1.82, 2.24) is 4.57 Å². The molecule has 0 N–H and O–H groups in total. The number of aromatic nitrogens is 1. The number of nitriles is 1. The van der Waals surface area contributed by atoms with E-state index in [1.165, 1.54) is 46.2 Å². The molecule has 5 nitrogen and oxygen atoms in total. The summed E-state index contributed by atoms with van der Waals surface area (Å²) in [5.74, 6) is 0. The van der Waals surface area contributed by atoms with Gasteiger partial charge in [0.05, 0.1) is 38.5 Å². The Morgan fingerprint density at radius 3 is 2.20 bits per heavy atom. The smallest absolute Gasteiger partial charge is 0.206 e. The molecule has 250 valence electrons. The Bertz CT molecular complexity index is 2480. The topological polar surface area (TPSA) is 66.1 Å². The molecular weight excluding hydrogens is 635 g/mol. The molecule has 1 aromatic heterocycles. The predicted octanol–water partition coefficient (Wildman–Crippen LogP) is 10.8. The van der Waals surface area contributed by atoms with Crippen LogP contribution in [0.15, 0.2) is 149 Å². The number of para-hydroxylation sites is 1. The van der Waals surface area contributed by atoms with E-state index in [2.05, 4.69) is 124 Å². The third-order valence-electron chi connectivity index (χ3n) is 10.1. The molecule has 0 saturated carbocycles. The van der Waals surface area contributed by atoms with Crippen molar-refractivity contribution in [3.8, 4) is 6.07 Å². The van der Waals surface area contributed by atoms with Gasteiger partial charge in [-0.2, -0.15) is 5.26 Å². The van der Waals surface area contributed by atoms with Crippen LogP contribution in [0.3, 0.4) is 0 Å². The van der Waals surface area contributed by atoms with Gasteiger partial charge in [0.15, 0.2) is 0 Å². The molecule has 0 radical (unpaired) electrons. The lowest BCUT2D eigenvalue weighted by molar-refractivity contribution is 0.479. The minimum atomic E-state index is -3.77. The SMILES string of the molecule is C=C(C)/C=C\C(=C/C)n1c2ccccc2c2ccc3c(c21)C1(C)C=C(C(C)(C)C)C=CC1N3c1ccc(S(=O)(=O)c2ccc(C#N)cc2)cc1. The third-order valence-corrected chi connectivity index (χ3v) is 11.9. The molecule has 2 atom stereocenters. The maximum Gasteiger partial charge on any atom is 0.206 e. The minimum absolute atomic E-state index is 0.0540. The van der Waals surface area contributed by atoms with Crippen LogP contribution in [0.25, 0.3) is 27.5 Å². The van der Waals surface area contributed by atoms with Crippen LogP contribution in [-0.4, -0.2) is 19.0 Å². The lowest BCUT2D eigenvalue weighted by Crippen LogP contribution is -2.40. The maximum atomic E-state index is 13.6. The molecule has 2 unspecified atom stereocenters. The van der Waals surface area contributed by atoms with Crippen molar-refractivity contribution in [3.05, 3.63) is 150 Å².